The number of ether oxygens (including phenoxy) is 3. The van der Waals surface area contributed by atoms with Crippen molar-refractivity contribution in [3.05, 3.63) is 46.5 Å². The molecule has 0 aliphatic heterocycles. The number of aliphatic hydroxyl groups excluding tert-OH is 2. The number of phenolic OH excluding ortho intramolecular Hbond substituents is 2. The molecule has 0 saturated carbocycles. The van der Waals surface area contributed by atoms with E-state index >= 15 is 0 Å². The lowest BCUT2D eigenvalue weighted by Crippen LogP contribution is -2.37. The molecule has 0 aliphatic rings. The van der Waals surface area contributed by atoms with Crippen molar-refractivity contribution in [3.8, 4) is 23.0 Å². The van der Waals surface area contributed by atoms with Gasteiger partial charge in [-0.2, -0.15) is 0 Å². The van der Waals surface area contributed by atoms with Crippen LogP contribution in [0, 0.1) is 0 Å². The second-order valence-corrected chi connectivity index (χ2v) is 7.64. The molecule has 2 aromatic rings. The van der Waals surface area contributed by atoms with E-state index in [-0.39, 0.29) is 74.1 Å². The van der Waals surface area contributed by atoms with Gasteiger partial charge in [0.25, 0.3) is 0 Å². The van der Waals surface area contributed by atoms with Crippen molar-refractivity contribution in [2.75, 3.05) is 53.7 Å². The minimum Gasteiger partial charge on any atom is -0.508 e. The number of carbonyl (C=O) groups is 2. The van der Waals surface area contributed by atoms with Crippen LogP contribution in [0.2, 0.25) is 0 Å². The highest BCUT2D eigenvalue weighted by Gasteiger charge is 2.27. The number of aromatic hydroxyl groups is 2. The lowest BCUT2D eigenvalue weighted by molar-refractivity contribution is -0.131. The van der Waals surface area contributed by atoms with Gasteiger partial charge in [-0.15, -0.1) is 0 Å². The fraction of sp³-hybridized carbons (Fsp3) is 0.440. The molecule has 0 bridgehead atoms. The molecule has 0 atom stereocenters. The first-order chi connectivity index (χ1) is 16.8. The van der Waals surface area contributed by atoms with Crippen LogP contribution in [0.1, 0.15) is 34.0 Å². The van der Waals surface area contributed by atoms with E-state index in [0.29, 0.717) is 17.7 Å². The quantitative estimate of drug-likeness (QED) is 0.287. The number of phenols is 2. The molecule has 0 aromatic heterocycles. The Kier molecular flexibility index (Phi) is 10.8. The SMILES string of the molecule is CCc1c(O)cc(O)c(C(=O)c2ccc(OCCO)c(OC)c2)c1CC(=O)N(CCO)CCOC. The summed E-state index contributed by atoms with van der Waals surface area (Å²) in [4.78, 5) is 28.0. The van der Waals surface area contributed by atoms with Gasteiger partial charge in [-0.25, -0.2) is 0 Å². The summed E-state index contributed by atoms with van der Waals surface area (Å²) in [5, 5.41) is 39.4. The van der Waals surface area contributed by atoms with Gasteiger partial charge >= 0.3 is 0 Å². The molecule has 0 fully saturated rings. The van der Waals surface area contributed by atoms with Gasteiger partial charge in [-0.3, -0.25) is 9.59 Å². The molecule has 0 spiro atoms. The van der Waals surface area contributed by atoms with E-state index in [0.717, 1.165) is 6.07 Å². The summed E-state index contributed by atoms with van der Waals surface area (Å²) in [6, 6.07) is 5.53. The van der Waals surface area contributed by atoms with Gasteiger partial charge in [0, 0.05) is 31.8 Å². The molecule has 0 radical (unpaired) electrons. The summed E-state index contributed by atoms with van der Waals surface area (Å²) in [5.41, 5.74) is 0.640. The summed E-state index contributed by atoms with van der Waals surface area (Å²) in [7, 11) is 2.90. The Morgan fingerprint density at radius 1 is 0.914 bits per heavy atom. The van der Waals surface area contributed by atoms with Gasteiger partial charge in [0.2, 0.25) is 5.91 Å². The fourth-order valence-electron chi connectivity index (χ4n) is 3.77. The first-order valence-electron chi connectivity index (χ1n) is 11.2. The lowest BCUT2D eigenvalue weighted by Gasteiger charge is -2.23. The maximum atomic E-state index is 13.5. The van der Waals surface area contributed by atoms with Gasteiger partial charge in [0.15, 0.2) is 17.3 Å². The first-order valence-corrected chi connectivity index (χ1v) is 11.2. The second-order valence-electron chi connectivity index (χ2n) is 7.64. The van der Waals surface area contributed by atoms with Crippen LogP contribution in [-0.2, 0) is 22.4 Å². The highest BCUT2D eigenvalue weighted by atomic mass is 16.5. The molecule has 35 heavy (non-hydrogen) atoms. The molecule has 4 N–H and O–H groups in total. The Labute approximate surface area is 204 Å². The molecule has 0 saturated heterocycles. The molecular weight excluding hydrogens is 458 g/mol. The van der Waals surface area contributed by atoms with Crippen LogP contribution in [0.3, 0.4) is 0 Å². The molecule has 2 aromatic carbocycles. The molecular formula is C25H33NO9. The van der Waals surface area contributed by atoms with Crippen LogP contribution in [0.5, 0.6) is 23.0 Å². The summed E-state index contributed by atoms with van der Waals surface area (Å²) in [5.74, 6) is -1.06. The maximum absolute atomic E-state index is 13.5. The third kappa shape index (κ3) is 6.84. The molecule has 2 rings (SSSR count). The minimum absolute atomic E-state index is 0.0436. The smallest absolute Gasteiger partial charge is 0.227 e. The number of nitrogens with zero attached hydrogens (tertiary/aromatic N) is 1. The van der Waals surface area contributed by atoms with Crippen molar-refractivity contribution < 1.29 is 44.2 Å². The monoisotopic (exact) mass is 491 g/mol. The number of hydrogen-bond acceptors (Lipinski definition) is 9. The highest BCUT2D eigenvalue weighted by molar-refractivity contribution is 6.12. The van der Waals surface area contributed by atoms with Gasteiger partial charge < -0.3 is 39.5 Å². The standard InChI is InChI=1S/C25H33NO9/c1-4-17-18(14-23(31)26(7-9-27)8-11-33-2)24(20(30)15-19(17)29)25(32)16-5-6-21(35-12-10-28)22(13-16)34-3/h5-6,13,15,27-30H,4,7-12,14H2,1-3H3. The number of amides is 1. The normalized spacial score (nSPS) is 10.8. The van der Waals surface area contributed by atoms with Crippen LogP contribution in [-0.4, -0.2) is 90.8 Å². The first kappa shape index (κ1) is 27.9. The van der Waals surface area contributed by atoms with Crippen LogP contribution < -0.4 is 9.47 Å². The Bertz CT molecular complexity index is 1020. The summed E-state index contributed by atoms with van der Waals surface area (Å²) in [6.45, 7) is 1.93. The summed E-state index contributed by atoms with van der Waals surface area (Å²) < 4.78 is 15.7. The maximum Gasteiger partial charge on any atom is 0.227 e. The average molecular weight is 492 g/mol. The van der Waals surface area contributed by atoms with Crippen LogP contribution in [0.25, 0.3) is 0 Å². The van der Waals surface area contributed by atoms with Crippen LogP contribution in [0.15, 0.2) is 24.3 Å². The van der Waals surface area contributed by atoms with Crippen molar-refractivity contribution in [1.29, 1.82) is 0 Å². The molecule has 0 aliphatic carbocycles. The third-order valence-corrected chi connectivity index (χ3v) is 5.48. The third-order valence-electron chi connectivity index (χ3n) is 5.48. The van der Waals surface area contributed by atoms with Crippen LogP contribution in [0.4, 0.5) is 0 Å². The summed E-state index contributed by atoms with van der Waals surface area (Å²) in [6.07, 6.45) is 0.0368. The van der Waals surface area contributed by atoms with E-state index in [1.165, 1.54) is 37.3 Å². The predicted molar refractivity (Wildman–Crippen MR) is 127 cm³/mol. The van der Waals surface area contributed by atoms with Crippen molar-refractivity contribution in [2.45, 2.75) is 19.8 Å². The minimum atomic E-state index is -0.572. The van der Waals surface area contributed by atoms with Gasteiger partial charge in [0.05, 0.1) is 38.9 Å². The molecule has 1 amide bonds. The number of ketones is 1. The predicted octanol–water partition coefficient (Wildman–Crippen LogP) is 1.28. The molecule has 0 unspecified atom stereocenters. The van der Waals surface area contributed by atoms with E-state index in [4.69, 9.17) is 19.3 Å². The van der Waals surface area contributed by atoms with Crippen LogP contribution >= 0.6 is 0 Å². The highest BCUT2D eigenvalue weighted by Crippen LogP contribution is 2.36. The van der Waals surface area contributed by atoms with Gasteiger partial charge in [0.1, 0.15) is 18.1 Å². The fourth-order valence-corrected chi connectivity index (χ4v) is 3.77. The van der Waals surface area contributed by atoms with Crippen molar-refractivity contribution in [3.63, 3.8) is 0 Å². The average Bonchev–Trinajstić information content (AvgIpc) is 2.84. The number of benzene rings is 2. The number of aliphatic hydroxyl groups is 2. The topological polar surface area (TPSA) is 146 Å². The van der Waals surface area contributed by atoms with Crippen molar-refractivity contribution in [1.82, 2.24) is 4.90 Å². The number of carbonyl (C=O) groups excluding carboxylic acids is 2. The van der Waals surface area contributed by atoms with E-state index in [9.17, 15) is 24.9 Å². The summed E-state index contributed by atoms with van der Waals surface area (Å²) >= 11 is 0. The van der Waals surface area contributed by atoms with E-state index in [1.54, 1.807) is 6.92 Å². The second kappa shape index (κ2) is 13.5. The Hall–Kier alpha value is -3.34. The van der Waals surface area contributed by atoms with Crippen molar-refractivity contribution in [2.24, 2.45) is 0 Å². The Morgan fingerprint density at radius 3 is 2.26 bits per heavy atom. The molecule has 10 nitrogen and oxygen atoms in total. The molecule has 10 heteroatoms. The van der Waals surface area contributed by atoms with E-state index in [1.807, 2.05) is 0 Å². The van der Waals surface area contributed by atoms with Gasteiger partial charge in [-0.1, -0.05) is 6.92 Å². The zero-order chi connectivity index (χ0) is 26.0. The number of rotatable bonds is 14. The Balaban J connectivity index is 2.54. The largest absolute Gasteiger partial charge is 0.508 e. The number of hydrogen-bond donors (Lipinski definition) is 4. The number of methoxy groups -OCH3 is 2. The zero-order valence-corrected chi connectivity index (χ0v) is 20.2. The molecule has 0 heterocycles. The van der Waals surface area contributed by atoms with Gasteiger partial charge in [-0.05, 0) is 35.7 Å². The van der Waals surface area contributed by atoms with Crippen molar-refractivity contribution >= 4 is 11.7 Å². The molecule has 192 valence electrons. The van der Waals surface area contributed by atoms with E-state index in [2.05, 4.69) is 0 Å². The zero-order valence-electron chi connectivity index (χ0n) is 20.2. The van der Waals surface area contributed by atoms with E-state index < -0.39 is 17.4 Å². The lowest BCUT2D eigenvalue weighted by atomic mass is 9.89. The Morgan fingerprint density at radius 2 is 1.66 bits per heavy atom.